The molecule has 0 saturated carbocycles. The molecule has 1 amide bonds. The summed E-state index contributed by atoms with van der Waals surface area (Å²) < 4.78 is 12.7. The zero-order valence-electron chi connectivity index (χ0n) is 15.8. The maximum absolute atomic E-state index is 12.4. The molecule has 8 heteroatoms. The van der Waals surface area contributed by atoms with Crippen LogP contribution in [0.25, 0.3) is 20.3 Å². The summed E-state index contributed by atoms with van der Waals surface area (Å²) in [6.45, 7) is 5.41. The average Bonchev–Trinajstić information content (AvgIpc) is 3.24. The molecule has 144 valence electrons. The third kappa shape index (κ3) is 3.91. The molecule has 2 heterocycles. The summed E-state index contributed by atoms with van der Waals surface area (Å²) in [7, 11) is 1.32. The van der Waals surface area contributed by atoms with E-state index in [1.54, 1.807) is 29.6 Å². The third-order valence-electron chi connectivity index (χ3n) is 4.33. The first kappa shape index (κ1) is 19.6. The molecule has 0 aliphatic heterocycles. The van der Waals surface area contributed by atoms with Crippen molar-refractivity contribution in [2.45, 2.75) is 39.2 Å². The van der Waals surface area contributed by atoms with Gasteiger partial charge >= 0.3 is 5.97 Å². The van der Waals surface area contributed by atoms with Gasteiger partial charge in [0.2, 0.25) is 0 Å². The van der Waals surface area contributed by atoms with E-state index < -0.39 is 11.5 Å². The van der Waals surface area contributed by atoms with E-state index in [0.717, 1.165) is 31.7 Å². The Hall–Kier alpha value is -2.19. The second-order valence-electron chi connectivity index (χ2n) is 6.53. The Kier molecular flexibility index (Phi) is 5.67. The first-order chi connectivity index (χ1) is 12.9. The standard InChI is InChI=1S/C19H22N2O4S2/c1-5-7-19(3,18(23)24-4)21-15(22)10-25-13-9-14-16(20-11(2)27-14)17-12(13)6-8-26-17/h6,8-9H,5,7,10H2,1-4H3,(H,21,22). The molecule has 0 spiro atoms. The number of carbonyl (C=O) groups is 2. The molecule has 0 fully saturated rings. The van der Waals surface area contributed by atoms with Crippen LogP contribution < -0.4 is 10.1 Å². The van der Waals surface area contributed by atoms with E-state index in [-0.39, 0.29) is 12.5 Å². The van der Waals surface area contributed by atoms with E-state index in [9.17, 15) is 9.59 Å². The minimum Gasteiger partial charge on any atom is -0.483 e. The van der Waals surface area contributed by atoms with Crippen LogP contribution in [0.15, 0.2) is 17.5 Å². The summed E-state index contributed by atoms with van der Waals surface area (Å²) in [5, 5.41) is 6.67. The number of benzene rings is 1. The van der Waals surface area contributed by atoms with E-state index in [1.807, 2.05) is 31.4 Å². The number of aromatic nitrogens is 1. The number of nitrogens with one attached hydrogen (secondary N) is 1. The molecule has 0 saturated heterocycles. The topological polar surface area (TPSA) is 77.5 Å². The van der Waals surface area contributed by atoms with Gasteiger partial charge < -0.3 is 14.8 Å². The Morgan fingerprint density at radius 1 is 1.37 bits per heavy atom. The molecule has 27 heavy (non-hydrogen) atoms. The highest BCUT2D eigenvalue weighted by atomic mass is 32.1. The largest absolute Gasteiger partial charge is 0.483 e. The molecule has 6 nitrogen and oxygen atoms in total. The Morgan fingerprint density at radius 3 is 2.85 bits per heavy atom. The number of hydrogen-bond acceptors (Lipinski definition) is 7. The molecule has 3 rings (SSSR count). The van der Waals surface area contributed by atoms with Gasteiger partial charge in [-0.3, -0.25) is 4.79 Å². The van der Waals surface area contributed by atoms with E-state index in [0.29, 0.717) is 12.2 Å². The van der Waals surface area contributed by atoms with Gasteiger partial charge in [0.05, 0.1) is 27.0 Å². The number of hydrogen-bond donors (Lipinski definition) is 1. The number of thiazole rings is 1. The van der Waals surface area contributed by atoms with E-state index in [1.165, 1.54) is 7.11 Å². The van der Waals surface area contributed by atoms with Gasteiger partial charge in [-0.25, -0.2) is 9.78 Å². The van der Waals surface area contributed by atoms with Crippen LogP contribution in [0.5, 0.6) is 5.75 Å². The second-order valence-corrected chi connectivity index (χ2v) is 8.68. The van der Waals surface area contributed by atoms with Crippen molar-refractivity contribution in [1.82, 2.24) is 10.3 Å². The lowest BCUT2D eigenvalue weighted by molar-refractivity contribution is -0.150. The molecule has 0 bridgehead atoms. The lowest BCUT2D eigenvalue weighted by atomic mass is 9.96. The lowest BCUT2D eigenvalue weighted by Gasteiger charge is -2.27. The minimum atomic E-state index is -1.06. The van der Waals surface area contributed by atoms with Crippen molar-refractivity contribution in [1.29, 1.82) is 0 Å². The van der Waals surface area contributed by atoms with Crippen LogP contribution in [0.3, 0.4) is 0 Å². The number of ether oxygens (including phenoxy) is 2. The molecule has 1 atom stereocenters. The summed E-state index contributed by atoms with van der Waals surface area (Å²) in [6, 6.07) is 3.89. The predicted octanol–water partition coefficient (Wildman–Crippen LogP) is 4.05. The normalized spacial score (nSPS) is 13.5. The fourth-order valence-corrected chi connectivity index (χ4v) is 4.97. The number of fused-ring (bicyclic) bond motifs is 3. The van der Waals surface area contributed by atoms with Gasteiger partial charge in [-0.15, -0.1) is 22.7 Å². The van der Waals surface area contributed by atoms with Crippen LogP contribution in [0, 0.1) is 6.92 Å². The SMILES string of the molecule is CCCC(C)(NC(=O)COc1cc2sc(C)nc2c2sccc12)C(=O)OC. The summed E-state index contributed by atoms with van der Waals surface area (Å²) in [6.07, 6.45) is 1.23. The monoisotopic (exact) mass is 406 g/mol. The van der Waals surface area contributed by atoms with Crippen molar-refractivity contribution in [3.05, 3.63) is 22.5 Å². The molecule has 1 aromatic carbocycles. The molecule has 1 unspecified atom stereocenters. The summed E-state index contributed by atoms with van der Waals surface area (Å²) in [5.41, 5.74) is -0.0825. The van der Waals surface area contributed by atoms with Crippen LogP contribution in [-0.4, -0.2) is 36.1 Å². The number of methoxy groups -OCH3 is 1. The highest BCUT2D eigenvalue weighted by Gasteiger charge is 2.35. The van der Waals surface area contributed by atoms with Crippen molar-refractivity contribution in [2.75, 3.05) is 13.7 Å². The molecule has 0 aliphatic rings. The van der Waals surface area contributed by atoms with Crippen molar-refractivity contribution >= 4 is 54.9 Å². The molecular formula is C19H22N2O4S2. The predicted molar refractivity (Wildman–Crippen MR) is 109 cm³/mol. The fraction of sp³-hybridized carbons (Fsp3) is 0.421. The van der Waals surface area contributed by atoms with Gasteiger partial charge in [-0.2, -0.15) is 0 Å². The summed E-state index contributed by atoms with van der Waals surface area (Å²) in [4.78, 5) is 29.0. The van der Waals surface area contributed by atoms with Crippen LogP contribution in [-0.2, 0) is 14.3 Å². The molecular weight excluding hydrogens is 384 g/mol. The van der Waals surface area contributed by atoms with Gasteiger partial charge in [-0.05, 0) is 31.7 Å². The van der Waals surface area contributed by atoms with Gasteiger partial charge in [0.1, 0.15) is 11.3 Å². The van der Waals surface area contributed by atoms with E-state index in [4.69, 9.17) is 9.47 Å². The van der Waals surface area contributed by atoms with Gasteiger partial charge in [0.25, 0.3) is 5.91 Å². The highest BCUT2D eigenvalue weighted by Crippen LogP contribution is 2.38. The van der Waals surface area contributed by atoms with E-state index >= 15 is 0 Å². The zero-order chi connectivity index (χ0) is 19.6. The number of rotatable bonds is 7. The first-order valence-corrected chi connectivity index (χ1v) is 10.4. The van der Waals surface area contributed by atoms with Gasteiger partial charge in [0, 0.05) is 11.5 Å². The summed E-state index contributed by atoms with van der Waals surface area (Å²) >= 11 is 3.20. The van der Waals surface area contributed by atoms with Crippen LogP contribution in [0.4, 0.5) is 0 Å². The molecule has 3 aromatic rings. The maximum atomic E-state index is 12.4. The lowest BCUT2D eigenvalue weighted by Crippen LogP contribution is -2.53. The molecule has 0 aliphatic carbocycles. The maximum Gasteiger partial charge on any atom is 0.331 e. The average molecular weight is 407 g/mol. The number of carbonyl (C=O) groups excluding carboxylic acids is 2. The number of nitrogens with zero attached hydrogens (tertiary/aromatic N) is 1. The Bertz CT molecular complexity index is 994. The zero-order valence-corrected chi connectivity index (χ0v) is 17.4. The van der Waals surface area contributed by atoms with Gasteiger partial charge in [-0.1, -0.05) is 13.3 Å². The molecule has 1 N–H and O–H groups in total. The van der Waals surface area contributed by atoms with Crippen LogP contribution in [0.1, 0.15) is 31.7 Å². The Morgan fingerprint density at radius 2 is 2.15 bits per heavy atom. The Labute approximate surface area is 165 Å². The Balaban J connectivity index is 1.78. The number of thiophene rings is 1. The molecule has 0 radical (unpaired) electrons. The highest BCUT2D eigenvalue weighted by molar-refractivity contribution is 7.21. The van der Waals surface area contributed by atoms with Gasteiger partial charge in [0.15, 0.2) is 6.61 Å². The van der Waals surface area contributed by atoms with Crippen molar-refractivity contribution < 1.29 is 19.1 Å². The van der Waals surface area contributed by atoms with E-state index in [2.05, 4.69) is 10.3 Å². The number of aryl methyl sites for hydroxylation is 1. The van der Waals surface area contributed by atoms with Crippen molar-refractivity contribution in [2.24, 2.45) is 0 Å². The smallest absolute Gasteiger partial charge is 0.331 e. The minimum absolute atomic E-state index is 0.176. The summed E-state index contributed by atoms with van der Waals surface area (Å²) in [5.74, 6) is -0.174. The first-order valence-electron chi connectivity index (χ1n) is 8.67. The fourth-order valence-electron chi connectivity index (χ4n) is 3.13. The van der Waals surface area contributed by atoms with Crippen molar-refractivity contribution in [3.63, 3.8) is 0 Å². The van der Waals surface area contributed by atoms with Crippen molar-refractivity contribution in [3.8, 4) is 5.75 Å². The quantitative estimate of drug-likeness (QED) is 0.599. The molecule has 2 aromatic heterocycles. The number of esters is 1. The number of amides is 1. The van der Waals surface area contributed by atoms with Crippen LogP contribution >= 0.6 is 22.7 Å². The second kappa shape index (κ2) is 7.82. The third-order valence-corrected chi connectivity index (χ3v) is 6.17. The van der Waals surface area contributed by atoms with Crippen LogP contribution in [0.2, 0.25) is 0 Å².